The smallest absolute Gasteiger partial charge is 0.254 e. The van der Waals surface area contributed by atoms with Crippen molar-refractivity contribution < 1.29 is 13.9 Å². The Morgan fingerprint density at radius 3 is 2.94 bits per heavy atom. The first-order valence-electron chi connectivity index (χ1n) is 11.9. The minimum Gasteiger partial charge on any atom is -0.381 e. The summed E-state index contributed by atoms with van der Waals surface area (Å²) in [5, 5.41) is 6.26. The van der Waals surface area contributed by atoms with Gasteiger partial charge in [-0.1, -0.05) is 6.07 Å². The third-order valence-corrected chi connectivity index (χ3v) is 6.64. The second-order valence-corrected chi connectivity index (χ2v) is 9.42. The van der Waals surface area contributed by atoms with E-state index < -0.39 is 0 Å². The van der Waals surface area contributed by atoms with Gasteiger partial charge in [-0.25, -0.2) is 14.4 Å². The van der Waals surface area contributed by atoms with Gasteiger partial charge in [0.1, 0.15) is 17.3 Å². The molecule has 1 amide bonds. The lowest BCUT2D eigenvalue weighted by Crippen LogP contribution is -2.18. The molecule has 2 aliphatic heterocycles. The van der Waals surface area contributed by atoms with E-state index in [0.717, 1.165) is 41.2 Å². The predicted molar refractivity (Wildman–Crippen MR) is 133 cm³/mol. The van der Waals surface area contributed by atoms with Crippen molar-refractivity contribution in [2.45, 2.75) is 25.4 Å². The summed E-state index contributed by atoms with van der Waals surface area (Å²) < 4.78 is 21.0. The van der Waals surface area contributed by atoms with E-state index in [9.17, 15) is 9.18 Å². The van der Waals surface area contributed by atoms with Crippen LogP contribution in [0.3, 0.4) is 0 Å². The molecule has 2 N–H and O–H groups in total. The molecule has 184 valence electrons. The molecule has 2 aliphatic rings. The van der Waals surface area contributed by atoms with Crippen LogP contribution in [-0.2, 0) is 17.8 Å². The van der Waals surface area contributed by atoms with Crippen LogP contribution in [0.1, 0.15) is 39.6 Å². The maximum Gasteiger partial charge on any atom is 0.254 e. The zero-order valence-corrected chi connectivity index (χ0v) is 20.1. The fraction of sp³-hybridized carbons (Fsp3) is 0.308. The molecule has 0 saturated carbocycles. The van der Waals surface area contributed by atoms with Crippen molar-refractivity contribution >= 4 is 23.1 Å². The zero-order chi connectivity index (χ0) is 24.8. The minimum atomic E-state index is -0.345. The lowest BCUT2D eigenvalue weighted by Gasteiger charge is -2.18. The van der Waals surface area contributed by atoms with E-state index in [1.807, 2.05) is 30.6 Å². The highest BCUT2D eigenvalue weighted by Gasteiger charge is 2.28. The van der Waals surface area contributed by atoms with Gasteiger partial charge in [-0.3, -0.25) is 14.2 Å². The van der Waals surface area contributed by atoms with Crippen molar-refractivity contribution in [3.8, 4) is 11.3 Å². The third-order valence-electron chi connectivity index (χ3n) is 6.64. The number of fused-ring (bicyclic) bond motifs is 2. The number of carbonyl (C=O) groups is 1. The molecule has 9 nitrogen and oxygen atoms in total. The Kier molecular flexibility index (Phi) is 5.62. The number of hydrogen-bond donors (Lipinski definition) is 2. The zero-order valence-electron chi connectivity index (χ0n) is 20.1. The maximum absolute atomic E-state index is 13.7. The number of pyridine rings is 1. The topological polar surface area (TPSA) is 96.7 Å². The lowest BCUT2D eigenvalue weighted by molar-refractivity contribution is 0.0966. The number of nitrogens with one attached hydrogen (secondary N) is 2. The molecule has 0 aliphatic carbocycles. The van der Waals surface area contributed by atoms with Gasteiger partial charge in [-0.05, 0) is 38.2 Å². The van der Waals surface area contributed by atoms with Crippen LogP contribution in [0.4, 0.5) is 15.9 Å². The normalized spacial score (nSPS) is 17.1. The molecule has 36 heavy (non-hydrogen) atoms. The summed E-state index contributed by atoms with van der Waals surface area (Å²) in [5.74, 6) is 0.321. The molecule has 1 saturated heterocycles. The summed E-state index contributed by atoms with van der Waals surface area (Å²) in [4.78, 5) is 28.9. The first kappa shape index (κ1) is 22.6. The van der Waals surface area contributed by atoms with Crippen LogP contribution in [0.15, 0.2) is 42.9 Å². The first-order valence-corrected chi connectivity index (χ1v) is 11.9. The molecule has 10 heteroatoms. The molecule has 1 fully saturated rings. The van der Waals surface area contributed by atoms with Crippen LogP contribution in [0.5, 0.6) is 0 Å². The van der Waals surface area contributed by atoms with Crippen molar-refractivity contribution in [1.29, 1.82) is 0 Å². The molecular weight excluding hydrogens is 461 g/mol. The molecule has 0 unspecified atom stereocenters. The van der Waals surface area contributed by atoms with Gasteiger partial charge in [0.05, 0.1) is 47.3 Å². The standard InChI is InChI=1S/C26H26FN7O2/c1-33(2)13-20-25(15-6-8-36-14-15)29-12-22(32-20)31-19-4-3-17(18-10-30-26(35)24(18)19)21-11-28-23-9-16(27)5-7-34(21)23/h3-5,7,9,11-12,15H,6,8,10,13-14H2,1-2H3,(H,30,35)(H,31,32)/t15-/m1/s1. The lowest BCUT2D eigenvalue weighted by atomic mass is 9.99. The molecule has 6 rings (SSSR count). The Morgan fingerprint density at radius 2 is 2.14 bits per heavy atom. The average Bonchev–Trinajstić information content (AvgIpc) is 3.60. The predicted octanol–water partition coefficient (Wildman–Crippen LogP) is 3.48. The van der Waals surface area contributed by atoms with Gasteiger partial charge < -0.3 is 20.3 Å². The highest BCUT2D eigenvalue weighted by Crippen LogP contribution is 2.36. The van der Waals surface area contributed by atoms with Gasteiger partial charge >= 0.3 is 0 Å². The molecule has 1 atom stereocenters. The summed E-state index contributed by atoms with van der Waals surface area (Å²) in [6, 6.07) is 6.60. The number of nitrogens with zero attached hydrogens (tertiary/aromatic N) is 5. The Morgan fingerprint density at radius 1 is 1.25 bits per heavy atom. The summed E-state index contributed by atoms with van der Waals surface area (Å²) in [7, 11) is 4.00. The largest absolute Gasteiger partial charge is 0.381 e. The monoisotopic (exact) mass is 487 g/mol. The van der Waals surface area contributed by atoms with Gasteiger partial charge in [-0.15, -0.1) is 0 Å². The first-order chi connectivity index (χ1) is 17.5. The van der Waals surface area contributed by atoms with Crippen molar-refractivity contribution in [3.63, 3.8) is 0 Å². The molecule has 5 heterocycles. The summed E-state index contributed by atoms with van der Waals surface area (Å²) in [6.07, 6.45) is 6.01. The molecule has 3 aromatic heterocycles. The SMILES string of the molecule is CN(C)Cc1nc(Nc2ccc(-c3cnc4cc(F)ccn34)c3c2C(=O)NC3)cnc1[C@@H]1CCOC1. The Hall–Kier alpha value is -3.89. The van der Waals surface area contributed by atoms with Crippen molar-refractivity contribution in [2.24, 2.45) is 0 Å². The van der Waals surface area contributed by atoms with Crippen LogP contribution < -0.4 is 10.6 Å². The number of carbonyl (C=O) groups excluding carboxylic acids is 1. The Balaban J connectivity index is 1.38. The average molecular weight is 488 g/mol. The maximum atomic E-state index is 13.7. The minimum absolute atomic E-state index is 0.157. The van der Waals surface area contributed by atoms with Crippen LogP contribution in [0.2, 0.25) is 0 Å². The van der Waals surface area contributed by atoms with E-state index in [1.54, 1.807) is 18.6 Å². The highest BCUT2D eigenvalue weighted by molar-refractivity contribution is 6.06. The van der Waals surface area contributed by atoms with Crippen molar-refractivity contribution in [3.05, 3.63) is 71.2 Å². The summed E-state index contributed by atoms with van der Waals surface area (Å²) in [6.45, 7) is 2.45. The van der Waals surface area contributed by atoms with Crippen LogP contribution in [0, 0.1) is 5.82 Å². The van der Waals surface area contributed by atoms with Crippen molar-refractivity contribution in [1.82, 2.24) is 29.6 Å². The quantitative estimate of drug-likeness (QED) is 0.430. The van der Waals surface area contributed by atoms with E-state index in [2.05, 4.69) is 20.5 Å². The number of imidazole rings is 1. The molecule has 4 aromatic rings. The van der Waals surface area contributed by atoms with Crippen LogP contribution >= 0.6 is 0 Å². The number of rotatable bonds is 6. The fourth-order valence-electron chi connectivity index (χ4n) is 4.99. The molecule has 1 aromatic carbocycles. The molecule has 0 spiro atoms. The number of anilines is 2. The third kappa shape index (κ3) is 3.98. The van der Waals surface area contributed by atoms with Crippen LogP contribution in [0.25, 0.3) is 16.9 Å². The number of ether oxygens (including phenoxy) is 1. The molecule has 0 bridgehead atoms. The van der Waals surface area contributed by atoms with Crippen molar-refractivity contribution in [2.75, 3.05) is 32.6 Å². The van der Waals surface area contributed by atoms with Gasteiger partial charge in [0.2, 0.25) is 0 Å². The van der Waals surface area contributed by atoms with E-state index in [-0.39, 0.29) is 17.6 Å². The van der Waals surface area contributed by atoms with Crippen LogP contribution in [-0.4, -0.2) is 57.5 Å². The number of aromatic nitrogens is 4. The van der Waals surface area contributed by atoms with Gasteiger partial charge in [0.15, 0.2) is 0 Å². The Bertz CT molecular complexity index is 1480. The highest BCUT2D eigenvalue weighted by atomic mass is 19.1. The number of halogens is 1. The number of benzene rings is 1. The summed E-state index contributed by atoms with van der Waals surface area (Å²) in [5.41, 5.74) is 6.11. The number of amides is 1. The Labute approximate surface area is 207 Å². The van der Waals surface area contributed by atoms with E-state index >= 15 is 0 Å². The van der Waals surface area contributed by atoms with Gasteiger partial charge in [-0.2, -0.15) is 0 Å². The molecular formula is C26H26FN7O2. The number of hydrogen-bond acceptors (Lipinski definition) is 7. The van der Waals surface area contributed by atoms with E-state index in [4.69, 9.17) is 14.7 Å². The van der Waals surface area contributed by atoms with Gasteiger partial charge in [0, 0.05) is 43.4 Å². The second kappa shape index (κ2) is 8.96. The van der Waals surface area contributed by atoms with E-state index in [1.165, 1.54) is 12.1 Å². The molecule has 0 radical (unpaired) electrons. The van der Waals surface area contributed by atoms with Gasteiger partial charge in [0.25, 0.3) is 5.91 Å². The van der Waals surface area contributed by atoms with E-state index in [0.29, 0.717) is 42.4 Å². The fourth-order valence-corrected chi connectivity index (χ4v) is 4.99. The second-order valence-electron chi connectivity index (χ2n) is 9.42. The summed E-state index contributed by atoms with van der Waals surface area (Å²) >= 11 is 0.